The van der Waals surface area contributed by atoms with E-state index in [4.69, 9.17) is 0 Å². The number of benzene rings is 1. The Kier molecular flexibility index (Phi) is 3.95. The third kappa shape index (κ3) is 3.05. The second-order valence-corrected chi connectivity index (χ2v) is 6.73. The molecular weight excluding hydrogens is 249 g/mol. The lowest BCUT2D eigenvalue weighted by Gasteiger charge is -2.22. The van der Waals surface area contributed by atoms with Crippen molar-refractivity contribution in [2.24, 2.45) is 0 Å². The number of nitrogens with one attached hydrogen (secondary N) is 1. The van der Waals surface area contributed by atoms with Gasteiger partial charge in [0.2, 0.25) is 0 Å². The molecule has 1 aliphatic heterocycles. The summed E-state index contributed by atoms with van der Waals surface area (Å²) >= 11 is 1.91. The Labute approximate surface area is 111 Å². The van der Waals surface area contributed by atoms with Crippen LogP contribution in [0.25, 0.3) is 0 Å². The molecule has 0 spiro atoms. The molecule has 0 saturated carbocycles. The number of carbonyl (C=O) groups excluding carboxylic acids is 1. The highest BCUT2D eigenvalue weighted by molar-refractivity contribution is 8.00. The molecular formula is C14H18FNOS. The highest BCUT2D eigenvalue weighted by Gasteiger charge is 2.29. The quantitative estimate of drug-likeness (QED) is 0.911. The van der Waals surface area contributed by atoms with Crippen molar-refractivity contribution in [2.75, 3.05) is 12.3 Å². The third-order valence-corrected chi connectivity index (χ3v) is 4.88. The molecule has 1 unspecified atom stereocenters. The number of halogens is 1. The summed E-state index contributed by atoms with van der Waals surface area (Å²) in [6.45, 7) is 4.52. The lowest BCUT2D eigenvalue weighted by atomic mass is 10.1. The van der Waals surface area contributed by atoms with Gasteiger partial charge in [-0.05, 0) is 56.2 Å². The second kappa shape index (κ2) is 5.31. The van der Waals surface area contributed by atoms with Crippen LogP contribution < -0.4 is 5.32 Å². The Morgan fingerprint density at radius 2 is 2.33 bits per heavy atom. The van der Waals surface area contributed by atoms with E-state index in [0.717, 1.165) is 6.42 Å². The van der Waals surface area contributed by atoms with Gasteiger partial charge in [-0.25, -0.2) is 4.39 Å². The lowest BCUT2D eigenvalue weighted by molar-refractivity contribution is 0.0950. The number of thioether (sulfide) groups is 1. The van der Waals surface area contributed by atoms with Crippen LogP contribution in [0, 0.1) is 12.7 Å². The summed E-state index contributed by atoms with van der Waals surface area (Å²) in [7, 11) is 0. The van der Waals surface area contributed by atoms with E-state index in [9.17, 15) is 9.18 Å². The highest BCUT2D eigenvalue weighted by atomic mass is 32.2. The third-order valence-electron chi connectivity index (χ3n) is 3.34. The zero-order valence-corrected chi connectivity index (χ0v) is 11.6. The Morgan fingerprint density at radius 3 is 2.94 bits per heavy atom. The first-order chi connectivity index (χ1) is 8.50. The zero-order valence-electron chi connectivity index (χ0n) is 10.8. The summed E-state index contributed by atoms with van der Waals surface area (Å²) in [5.74, 6) is 0.777. The van der Waals surface area contributed by atoms with Crippen molar-refractivity contribution in [3.05, 3.63) is 35.1 Å². The van der Waals surface area contributed by atoms with Crippen LogP contribution in [0.3, 0.4) is 0 Å². The summed E-state index contributed by atoms with van der Waals surface area (Å²) in [6, 6.07) is 4.47. The number of hydrogen-bond donors (Lipinski definition) is 1. The maximum Gasteiger partial charge on any atom is 0.251 e. The molecule has 1 heterocycles. The standard InChI is InChI=1S/C14H18FNOS/c1-10-8-11(4-5-12(10)15)13(17)16-9-14(2)6-3-7-18-14/h4-5,8H,3,6-7,9H2,1-2H3,(H,16,17). The van der Waals surface area contributed by atoms with Gasteiger partial charge in [-0.15, -0.1) is 0 Å². The number of aryl methyl sites for hydroxylation is 1. The van der Waals surface area contributed by atoms with Crippen LogP contribution >= 0.6 is 11.8 Å². The minimum absolute atomic E-state index is 0.119. The van der Waals surface area contributed by atoms with Gasteiger partial charge in [0.05, 0.1) is 0 Å². The van der Waals surface area contributed by atoms with Crippen LogP contribution in [0.15, 0.2) is 18.2 Å². The molecule has 0 radical (unpaired) electrons. The van der Waals surface area contributed by atoms with E-state index in [1.165, 1.54) is 24.3 Å². The Balaban J connectivity index is 1.97. The zero-order chi connectivity index (χ0) is 13.2. The van der Waals surface area contributed by atoms with Crippen LogP contribution in [0.1, 0.15) is 35.7 Å². The molecule has 1 N–H and O–H groups in total. The number of amides is 1. The normalized spacial score (nSPS) is 23.1. The fourth-order valence-corrected chi connectivity index (χ4v) is 3.38. The van der Waals surface area contributed by atoms with E-state index in [0.29, 0.717) is 17.7 Å². The van der Waals surface area contributed by atoms with E-state index in [-0.39, 0.29) is 16.5 Å². The lowest BCUT2D eigenvalue weighted by Crippen LogP contribution is -2.36. The predicted octanol–water partition coefficient (Wildman–Crippen LogP) is 3.15. The highest BCUT2D eigenvalue weighted by Crippen LogP contribution is 2.36. The Hall–Kier alpha value is -1.03. The van der Waals surface area contributed by atoms with Gasteiger partial charge in [-0.1, -0.05) is 0 Å². The van der Waals surface area contributed by atoms with Crippen LogP contribution in [0.2, 0.25) is 0 Å². The van der Waals surface area contributed by atoms with Gasteiger partial charge in [0.15, 0.2) is 0 Å². The molecule has 1 aromatic rings. The van der Waals surface area contributed by atoms with E-state index in [2.05, 4.69) is 12.2 Å². The molecule has 2 nitrogen and oxygen atoms in total. The van der Waals surface area contributed by atoms with Gasteiger partial charge in [0.1, 0.15) is 5.82 Å². The average molecular weight is 267 g/mol. The van der Waals surface area contributed by atoms with Gasteiger partial charge in [-0.3, -0.25) is 4.79 Å². The van der Waals surface area contributed by atoms with Crippen molar-refractivity contribution in [3.8, 4) is 0 Å². The van der Waals surface area contributed by atoms with Gasteiger partial charge in [-0.2, -0.15) is 11.8 Å². The first-order valence-corrected chi connectivity index (χ1v) is 7.17. The summed E-state index contributed by atoms with van der Waals surface area (Å²) in [4.78, 5) is 12.0. The fraction of sp³-hybridized carbons (Fsp3) is 0.500. The molecule has 4 heteroatoms. The van der Waals surface area contributed by atoms with Crippen LogP contribution in [0.4, 0.5) is 4.39 Å². The van der Waals surface area contributed by atoms with Crippen LogP contribution in [-0.2, 0) is 0 Å². The van der Waals surface area contributed by atoms with Gasteiger partial charge >= 0.3 is 0 Å². The topological polar surface area (TPSA) is 29.1 Å². The monoisotopic (exact) mass is 267 g/mol. The van der Waals surface area contributed by atoms with Crippen molar-refractivity contribution in [2.45, 2.75) is 31.4 Å². The van der Waals surface area contributed by atoms with E-state index >= 15 is 0 Å². The fourth-order valence-electron chi connectivity index (χ4n) is 2.13. The molecule has 0 aliphatic carbocycles. The molecule has 1 amide bonds. The summed E-state index contributed by atoms with van der Waals surface area (Å²) in [5.41, 5.74) is 1.03. The second-order valence-electron chi connectivity index (χ2n) is 5.05. The molecule has 0 aromatic heterocycles. The van der Waals surface area contributed by atoms with Crippen LogP contribution in [-0.4, -0.2) is 23.0 Å². The molecule has 1 saturated heterocycles. The molecule has 1 fully saturated rings. The number of hydrogen-bond acceptors (Lipinski definition) is 2. The summed E-state index contributed by atoms with van der Waals surface area (Å²) in [6.07, 6.45) is 2.35. The van der Waals surface area contributed by atoms with Crippen molar-refractivity contribution >= 4 is 17.7 Å². The van der Waals surface area contributed by atoms with E-state index in [1.54, 1.807) is 13.0 Å². The minimum atomic E-state index is -0.273. The van der Waals surface area contributed by atoms with E-state index < -0.39 is 0 Å². The Bertz CT molecular complexity index is 455. The van der Waals surface area contributed by atoms with Crippen LogP contribution in [0.5, 0.6) is 0 Å². The predicted molar refractivity (Wildman–Crippen MR) is 73.6 cm³/mol. The van der Waals surface area contributed by atoms with Crippen molar-refractivity contribution in [3.63, 3.8) is 0 Å². The maximum absolute atomic E-state index is 13.1. The van der Waals surface area contributed by atoms with Gasteiger partial charge in [0.25, 0.3) is 5.91 Å². The largest absolute Gasteiger partial charge is 0.351 e. The smallest absolute Gasteiger partial charge is 0.251 e. The summed E-state index contributed by atoms with van der Waals surface area (Å²) < 4.78 is 13.3. The summed E-state index contributed by atoms with van der Waals surface area (Å²) in [5, 5.41) is 2.95. The van der Waals surface area contributed by atoms with Gasteiger partial charge < -0.3 is 5.32 Å². The van der Waals surface area contributed by atoms with Gasteiger partial charge in [0, 0.05) is 16.9 Å². The molecule has 0 bridgehead atoms. The molecule has 1 aromatic carbocycles. The average Bonchev–Trinajstić information content (AvgIpc) is 2.77. The van der Waals surface area contributed by atoms with Crippen molar-refractivity contribution in [1.82, 2.24) is 5.32 Å². The number of rotatable bonds is 3. The first-order valence-electron chi connectivity index (χ1n) is 6.18. The molecule has 1 atom stereocenters. The van der Waals surface area contributed by atoms with Crippen molar-refractivity contribution < 1.29 is 9.18 Å². The maximum atomic E-state index is 13.1. The minimum Gasteiger partial charge on any atom is -0.351 e. The first kappa shape index (κ1) is 13.4. The Morgan fingerprint density at radius 1 is 1.56 bits per heavy atom. The van der Waals surface area contributed by atoms with Crippen molar-refractivity contribution in [1.29, 1.82) is 0 Å². The molecule has 1 aliphatic rings. The SMILES string of the molecule is Cc1cc(C(=O)NCC2(C)CCCS2)ccc1F. The molecule has 18 heavy (non-hydrogen) atoms. The molecule has 98 valence electrons. The molecule has 2 rings (SSSR count). The van der Waals surface area contributed by atoms with E-state index in [1.807, 2.05) is 11.8 Å². The number of carbonyl (C=O) groups is 1.